The van der Waals surface area contributed by atoms with E-state index in [1.165, 1.54) is 4.90 Å². The van der Waals surface area contributed by atoms with E-state index in [0.717, 1.165) is 5.56 Å². The minimum absolute atomic E-state index is 0.0506. The van der Waals surface area contributed by atoms with E-state index in [4.69, 9.17) is 10.8 Å². The van der Waals surface area contributed by atoms with E-state index in [1.54, 1.807) is 12.4 Å². The molecule has 1 atom stereocenters. The Morgan fingerprint density at radius 3 is 2.68 bits per heavy atom. The zero-order valence-electron chi connectivity index (χ0n) is 10.6. The summed E-state index contributed by atoms with van der Waals surface area (Å²) in [4.78, 5) is 28.4. The van der Waals surface area contributed by atoms with Gasteiger partial charge < -0.3 is 15.7 Å². The maximum atomic E-state index is 12.0. The van der Waals surface area contributed by atoms with Gasteiger partial charge in [0.2, 0.25) is 5.91 Å². The number of aliphatic carboxylic acids is 1. The summed E-state index contributed by atoms with van der Waals surface area (Å²) in [5, 5.41) is 9.01. The highest BCUT2D eigenvalue weighted by molar-refractivity contribution is 5.83. The first-order valence-corrected chi connectivity index (χ1v) is 6.20. The number of likely N-dealkylation sites (tertiary alicyclic amines) is 1. The lowest BCUT2D eigenvalue weighted by molar-refractivity contribution is -0.143. The van der Waals surface area contributed by atoms with Crippen LogP contribution in [0.25, 0.3) is 0 Å². The molecule has 1 fully saturated rings. The molecule has 1 amide bonds. The van der Waals surface area contributed by atoms with Crippen LogP contribution in [0.1, 0.15) is 18.4 Å². The molecule has 102 valence electrons. The van der Waals surface area contributed by atoms with Crippen LogP contribution in [0.4, 0.5) is 0 Å². The van der Waals surface area contributed by atoms with Crippen LogP contribution in [0.5, 0.6) is 0 Å². The number of carbonyl (C=O) groups excluding carboxylic acids is 1. The molecule has 1 aromatic heterocycles. The molecule has 2 rings (SSSR count). The Labute approximate surface area is 111 Å². The average molecular weight is 263 g/mol. The van der Waals surface area contributed by atoms with Gasteiger partial charge in [-0.3, -0.25) is 14.6 Å². The highest BCUT2D eigenvalue weighted by atomic mass is 16.4. The van der Waals surface area contributed by atoms with E-state index in [0.29, 0.717) is 25.8 Å². The first-order chi connectivity index (χ1) is 9.01. The Kier molecular flexibility index (Phi) is 3.80. The van der Waals surface area contributed by atoms with Crippen molar-refractivity contribution in [3.63, 3.8) is 0 Å². The third-order valence-corrected chi connectivity index (χ3v) is 3.46. The van der Waals surface area contributed by atoms with E-state index < -0.39 is 11.5 Å². The van der Waals surface area contributed by atoms with Gasteiger partial charge >= 0.3 is 5.97 Å². The van der Waals surface area contributed by atoms with Gasteiger partial charge in [0.15, 0.2) is 0 Å². The molecule has 1 aliphatic rings. The van der Waals surface area contributed by atoms with E-state index in [9.17, 15) is 9.59 Å². The number of nitrogens with two attached hydrogens (primary N) is 1. The van der Waals surface area contributed by atoms with Gasteiger partial charge in [0, 0.05) is 31.9 Å². The molecular weight excluding hydrogens is 246 g/mol. The smallest absolute Gasteiger partial charge is 0.325 e. The average Bonchev–Trinajstić information content (AvgIpc) is 2.81. The van der Waals surface area contributed by atoms with Crippen LogP contribution in [0.3, 0.4) is 0 Å². The molecule has 1 aromatic rings. The highest BCUT2D eigenvalue weighted by Gasteiger charge is 2.42. The molecule has 0 bridgehead atoms. The molecule has 0 spiro atoms. The Bertz CT molecular complexity index is 477. The monoisotopic (exact) mass is 263 g/mol. The standard InChI is InChI=1S/C13H17N3O3/c14-13(12(18)19)5-8-16(9-13)11(17)2-1-10-3-6-15-7-4-10/h3-4,6-7H,1-2,5,8-9,14H2,(H,18,19). The van der Waals surface area contributed by atoms with Crippen molar-refractivity contribution in [1.29, 1.82) is 0 Å². The molecular formula is C13H17N3O3. The Morgan fingerprint density at radius 1 is 1.42 bits per heavy atom. The SMILES string of the molecule is NC1(C(=O)O)CCN(C(=O)CCc2ccncc2)C1. The number of rotatable bonds is 4. The van der Waals surface area contributed by atoms with Crippen molar-refractivity contribution >= 4 is 11.9 Å². The van der Waals surface area contributed by atoms with Gasteiger partial charge in [0.1, 0.15) is 5.54 Å². The number of hydrogen-bond donors (Lipinski definition) is 2. The van der Waals surface area contributed by atoms with Crippen molar-refractivity contribution in [3.05, 3.63) is 30.1 Å². The van der Waals surface area contributed by atoms with Crippen molar-refractivity contribution in [3.8, 4) is 0 Å². The van der Waals surface area contributed by atoms with Gasteiger partial charge in [-0.1, -0.05) is 0 Å². The largest absolute Gasteiger partial charge is 0.480 e. The third-order valence-electron chi connectivity index (χ3n) is 3.46. The Balaban J connectivity index is 1.87. The van der Waals surface area contributed by atoms with E-state index >= 15 is 0 Å². The summed E-state index contributed by atoms with van der Waals surface area (Å²) in [6, 6.07) is 3.73. The van der Waals surface area contributed by atoms with E-state index in [-0.39, 0.29) is 12.5 Å². The summed E-state index contributed by atoms with van der Waals surface area (Å²) >= 11 is 0. The van der Waals surface area contributed by atoms with Gasteiger partial charge in [0.25, 0.3) is 0 Å². The van der Waals surface area contributed by atoms with Gasteiger partial charge in [-0.2, -0.15) is 0 Å². The first-order valence-electron chi connectivity index (χ1n) is 6.20. The molecule has 0 saturated carbocycles. The van der Waals surface area contributed by atoms with Crippen molar-refractivity contribution in [2.75, 3.05) is 13.1 Å². The predicted octanol–water partition coefficient (Wildman–Crippen LogP) is 0.0286. The molecule has 6 nitrogen and oxygen atoms in total. The number of pyridine rings is 1. The van der Waals surface area contributed by atoms with Gasteiger partial charge in [-0.05, 0) is 30.5 Å². The molecule has 1 saturated heterocycles. The minimum Gasteiger partial charge on any atom is -0.480 e. The van der Waals surface area contributed by atoms with Crippen LogP contribution in [-0.2, 0) is 16.0 Å². The van der Waals surface area contributed by atoms with Crippen LogP contribution in [-0.4, -0.2) is 45.5 Å². The maximum Gasteiger partial charge on any atom is 0.325 e. The highest BCUT2D eigenvalue weighted by Crippen LogP contribution is 2.20. The van der Waals surface area contributed by atoms with Gasteiger partial charge in [-0.15, -0.1) is 0 Å². The molecule has 0 radical (unpaired) electrons. The van der Waals surface area contributed by atoms with Crippen molar-refractivity contribution in [2.45, 2.75) is 24.8 Å². The zero-order valence-corrected chi connectivity index (χ0v) is 10.6. The molecule has 2 heterocycles. The lowest BCUT2D eigenvalue weighted by Gasteiger charge is -2.20. The van der Waals surface area contributed by atoms with Crippen molar-refractivity contribution in [2.24, 2.45) is 5.73 Å². The molecule has 0 aromatic carbocycles. The Morgan fingerprint density at radius 2 is 2.11 bits per heavy atom. The topological polar surface area (TPSA) is 96.5 Å². The number of nitrogens with zero attached hydrogens (tertiary/aromatic N) is 2. The van der Waals surface area contributed by atoms with Crippen molar-refractivity contribution < 1.29 is 14.7 Å². The molecule has 0 aliphatic carbocycles. The second kappa shape index (κ2) is 5.36. The van der Waals surface area contributed by atoms with Crippen LogP contribution in [0.15, 0.2) is 24.5 Å². The molecule has 6 heteroatoms. The van der Waals surface area contributed by atoms with Crippen LogP contribution < -0.4 is 5.73 Å². The maximum absolute atomic E-state index is 12.0. The van der Waals surface area contributed by atoms with Crippen LogP contribution in [0, 0.1) is 0 Å². The fraction of sp³-hybridized carbons (Fsp3) is 0.462. The molecule has 19 heavy (non-hydrogen) atoms. The number of aromatic nitrogens is 1. The summed E-state index contributed by atoms with van der Waals surface area (Å²) in [5.41, 5.74) is 5.49. The summed E-state index contributed by atoms with van der Waals surface area (Å²) in [5.74, 6) is -1.10. The fourth-order valence-corrected chi connectivity index (χ4v) is 2.18. The molecule has 1 unspecified atom stereocenters. The second-order valence-corrected chi connectivity index (χ2v) is 4.88. The van der Waals surface area contributed by atoms with E-state index in [1.807, 2.05) is 12.1 Å². The summed E-state index contributed by atoms with van der Waals surface area (Å²) < 4.78 is 0. The van der Waals surface area contributed by atoms with Gasteiger partial charge in [-0.25, -0.2) is 0 Å². The predicted molar refractivity (Wildman–Crippen MR) is 68.3 cm³/mol. The van der Waals surface area contributed by atoms with E-state index in [2.05, 4.69) is 4.98 Å². The number of hydrogen-bond acceptors (Lipinski definition) is 4. The normalized spacial score (nSPS) is 22.5. The lowest BCUT2D eigenvalue weighted by Crippen LogP contribution is -2.50. The molecule has 1 aliphatic heterocycles. The number of aryl methyl sites for hydroxylation is 1. The summed E-state index contributed by atoms with van der Waals surface area (Å²) in [6.07, 6.45) is 4.67. The third kappa shape index (κ3) is 3.08. The first kappa shape index (κ1) is 13.5. The minimum atomic E-state index is -1.29. The summed E-state index contributed by atoms with van der Waals surface area (Å²) in [6.45, 7) is 0.509. The zero-order chi connectivity index (χ0) is 13.9. The number of carboxylic acids is 1. The summed E-state index contributed by atoms with van der Waals surface area (Å²) in [7, 11) is 0. The molecule has 3 N–H and O–H groups in total. The van der Waals surface area contributed by atoms with Crippen molar-refractivity contribution in [1.82, 2.24) is 9.88 Å². The number of carboxylic acid groups (broad SMARTS) is 1. The second-order valence-electron chi connectivity index (χ2n) is 4.88. The quantitative estimate of drug-likeness (QED) is 0.798. The van der Waals surface area contributed by atoms with Crippen LogP contribution in [0.2, 0.25) is 0 Å². The lowest BCUT2D eigenvalue weighted by atomic mass is 10.0. The van der Waals surface area contributed by atoms with Crippen LogP contribution >= 0.6 is 0 Å². The Hall–Kier alpha value is -1.95. The van der Waals surface area contributed by atoms with Gasteiger partial charge in [0.05, 0.1) is 0 Å². The fourth-order valence-electron chi connectivity index (χ4n) is 2.18. The number of carbonyl (C=O) groups is 2. The number of amides is 1.